The van der Waals surface area contributed by atoms with E-state index in [1.165, 1.54) is 17.2 Å². The highest BCUT2D eigenvalue weighted by molar-refractivity contribution is 7.03. The Labute approximate surface area is 65.2 Å². The molecule has 2 N–H and O–H groups in total. The van der Waals surface area contributed by atoms with E-state index in [4.69, 9.17) is 5.73 Å². The summed E-state index contributed by atoms with van der Waals surface area (Å²) in [4.78, 5) is 0. The Kier molecular flexibility index (Phi) is 2.83. The molecule has 0 aromatic carbocycles. The second-order valence-electron chi connectivity index (χ2n) is 2.40. The standard InChI is InChI=1S/C7H12N2S/c1-6(2-4-8)7-3-5-10-9-7/h3,5-6H,2,4,8H2,1H3. The van der Waals surface area contributed by atoms with Crippen LogP contribution in [0.5, 0.6) is 0 Å². The summed E-state index contributed by atoms with van der Waals surface area (Å²) in [6, 6.07) is 2.06. The van der Waals surface area contributed by atoms with Crippen LogP contribution in [-0.2, 0) is 0 Å². The molecule has 1 aromatic rings. The van der Waals surface area contributed by atoms with Crippen LogP contribution in [0.2, 0.25) is 0 Å². The molecule has 3 heteroatoms. The topological polar surface area (TPSA) is 38.9 Å². The molecule has 0 fully saturated rings. The lowest BCUT2D eigenvalue weighted by molar-refractivity contribution is 0.677. The Morgan fingerprint density at radius 1 is 1.80 bits per heavy atom. The molecule has 1 aromatic heterocycles. The van der Waals surface area contributed by atoms with Crippen molar-refractivity contribution in [2.24, 2.45) is 5.73 Å². The van der Waals surface area contributed by atoms with Crippen molar-refractivity contribution >= 4 is 11.5 Å². The molecule has 0 saturated carbocycles. The highest BCUT2D eigenvalue weighted by Gasteiger charge is 2.04. The van der Waals surface area contributed by atoms with Crippen molar-refractivity contribution in [3.8, 4) is 0 Å². The molecular weight excluding hydrogens is 144 g/mol. The lowest BCUT2D eigenvalue weighted by atomic mass is 10.1. The highest BCUT2D eigenvalue weighted by atomic mass is 32.1. The summed E-state index contributed by atoms with van der Waals surface area (Å²) in [6.45, 7) is 2.90. The molecular formula is C7H12N2S. The number of rotatable bonds is 3. The van der Waals surface area contributed by atoms with Gasteiger partial charge in [-0.1, -0.05) is 6.92 Å². The minimum atomic E-state index is 0.524. The maximum Gasteiger partial charge on any atom is 0.0570 e. The summed E-state index contributed by atoms with van der Waals surface area (Å²) < 4.78 is 4.22. The van der Waals surface area contributed by atoms with Crippen molar-refractivity contribution in [1.29, 1.82) is 0 Å². The van der Waals surface area contributed by atoms with Gasteiger partial charge in [-0.2, -0.15) is 4.37 Å². The molecule has 2 nitrogen and oxygen atoms in total. The van der Waals surface area contributed by atoms with Crippen LogP contribution in [0, 0.1) is 0 Å². The molecule has 56 valence electrons. The maximum atomic E-state index is 5.41. The van der Waals surface area contributed by atoms with E-state index in [1.54, 1.807) is 0 Å². The van der Waals surface area contributed by atoms with Crippen LogP contribution in [0.1, 0.15) is 25.0 Å². The minimum Gasteiger partial charge on any atom is -0.330 e. The summed E-state index contributed by atoms with van der Waals surface area (Å²) in [5.74, 6) is 0.524. The average molecular weight is 156 g/mol. The van der Waals surface area contributed by atoms with E-state index < -0.39 is 0 Å². The second kappa shape index (κ2) is 3.68. The van der Waals surface area contributed by atoms with E-state index in [-0.39, 0.29) is 0 Å². The zero-order chi connectivity index (χ0) is 7.40. The number of nitrogens with zero attached hydrogens (tertiary/aromatic N) is 1. The predicted octanol–water partition coefficient (Wildman–Crippen LogP) is 1.60. The van der Waals surface area contributed by atoms with Crippen LogP contribution in [0.15, 0.2) is 11.4 Å². The van der Waals surface area contributed by atoms with Gasteiger partial charge in [0.1, 0.15) is 0 Å². The first kappa shape index (κ1) is 7.69. The zero-order valence-electron chi connectivity index (χ0n) is 6.08. The Morgan fingerprint density at radius 2 is 2.60 bits per heavy atom. The molecule has 0 aliphatic rings. The Bertz CT molecular complexity index is 172. The fourth-order valence-corrected chi connectivity index (χ4v) is 1.50. The molecule has 0 amide bonds. The first-order valence-corrected chi connectivity index (χ1v) is 4.28. The monoisotopic (exact) mass is 156 g/mol. The van der Waals surface area contributed by atoms with Gasteiger partial charge in [0.05, 0.1) is 5.69 Å². The van der Waals surface area contributed by atoms with Crippen LogP contribution >= 0.6 is 11.5 Å². The van der Waals surface area contributed by atoms with E-state index in [0.29, 0.717) is 5.92 Å². The number of hydrogen-bond acceptors (Lipinski definition) is 3. The lowest BCUT2D eigenvalue weighted by Gasteiger charge is -2.04. The van der Waals surface area contributed by atoms with Gasteiger partial charge in [0.2, 0.25) is 0 Å². The Morgan fingerprint density at radius 3 is 3.10 bits per heavy atom. The third-order valence-electron chi connectivity index (χ3n) is 1.56. The largest absolute Gasteiger partial charge is 0.330 e. The summed E-state index contributed by atoms with van der Waals surface area (Å²) in [5, 5.41) is 2.00. The molecule has 0 spiro atoms. The average Bonchev–Trinajstić information content (AvgIpc) is 2.38. The summed E-state index contributed by atoms with van der Waals surface area (Å²) in [5.41, 5.74) is 6.59. The summed E-state index contributed by atoms with van der Waals surface area (Å²) in [7, 11) is 0. The van der Waals surface area contributed by atoms with Gasteiger partial charge >= 0.3 is 0 Å². The smallest absolute Gasteiger partial charge is 0.0570 e. The van der Waals surface area contributed by atoms with E-state index in [2.05, 4.69) is 17.4 Å². The van der Waals surface area contributed by atoms with Crippen LogP contribution in [0.4, 0.5) is 0 Å². The quantitative estimate of drug-likeness (QED) is 0.722. The molecule has 1 heterocycles. The summed E-state index contributed by atoms with van der Waals surface area (Å²) in [6.07, 6.45) is 1.03. The minimum absolute atomic E-state index is 0.524. The Hall–Kier alpha value is -0.410. The molecule has 0 radical (unpaired) electrons. The molecule has 0 aliphatic heterocycles. The van der Waals surface area contributed by atoms with Crippen molar-refractivity contribution in [2.75, 3.05) is 6.54 Å². The van der Waals surface area contributed by atoms with E-state index in [0.717, 1.165) is 13.0 Å². The van der Waals surface area contributed by atoms with Crippen LogP contribution in [0.3, 0.4) is 0 Å². The van der Waals surface area contributed by atoms with Gasteiger partial charge < -0.3 is 5.73 Å². The SMILES string of the molecule is CC(CCN)c1ccsn1. The van der Waals surface area contributed by atoms with E-state index in [9.17, 15) is 0 Å². The predicted molar refractivity (Wildman–Crippen MR) is 44.2 cm³/mol. The van der Waals surface area contributed by atoms with Gasteiger partial charge in [-0.05, 0) is 30.6 Å². The van der Waals surface area contributed by atoms with Crippen LogP contribution < -0.4 is 5.73 Å². The zero-order valence-corrected chi connectivity index (χ0v) is 6.90. The molecule has 0 saturated heterocycles. The number of hydrogen-bond donors (Lipinski definition) is 1. The van der Waals surface area contributed by atoms with Gasteiger partial charge in [-0.15, -0.1) is 0 Å². The van der Waals surface area contributed by atoms with Crippen molar-refractivity contribution in [3.05, 3.63) is 17.1 Å². The lowest BCUT2D eigenvalue weighted by Crippen LogP contribution is -2.04. The normalized spacial score (nSPS) is 13.4. The maximum absolute atomic E-state index is 5.41. The fraction of sp³-hybridized carbons (Fsp3) is 0.571. The highest BCUT2D eigenvalue weighted by Crippen LogP contribution is 2.16. The third-order valence-corrected chi connectivity index (χ3v) is 2.14. The van der Waals surface area contributed by atoms with Gasteiger partial charge in [-0.25, -0.2) is 0 Å². The van der Waals surface area contributed by atoms with Gasteiger partial charge in [0.15, 0.2) is 0 Å². The summed E-state index contributed by atoms with van der Waals surface area (Å²) >= 11 is 1.50. The Balaban J connectivity index is 2.50. The molecule has 10 heavy (non-hydrogen) atoms. The second-order valence-corrected chi connectivity index (χ2v) is 3.07. The van der Waals surface area contributed by atoms with E-state index >= 15 is 0 Å². The number of nitrogens with two attached hydrogens (primary N) is 1. The molecule has 0 bridgehead atoms. The molecule has 1 atom stereocenters. The van der Waals surface area contributed by atoms with Crippen molar-refractivity contribution in [2.45, 2.75) is 19.3 Å². The molecule has 1 rings (SSSR count). The number of aromatic nitrogens is 1. The van der Waals surface area contributed by atoms with Crippen molar-refractivity contribution in [3.63, 3.8) is 0 Å². The van der Waals surface area contributed by atoms with Gasteiger partial charge in [0, 0.05) is 11.3 Å². The van der Waals surface area contributed by atoms with Gasteiger partial charge in [-0.3, -0.25) is 0 Å². The molecule has 0 aliphatic carbocycles. The molecule has 1 unspecified atom stereocenters. The van der Waals surface area contributed by atoms with Crippen molar-refractivity contribution < 1.29 is 0 Å². The van der Waals surface area contributed by atoms with Crippen LogP contribution in [-0.4, -0.2) is 10.9 Å². The van der Waals surface area contributed by atoms with Gasteiger partial charge in [0.25, 0.3) is 0 Å². The van der Waals surface area contributed by atoms with E-state index in [1.807, 2.05) is 5.38 Å². The third kappa shape index (κ3) is 1.78. The first-order chi connectivity index (χ1) is 4.84. The van der Waals surface area contributed by atoms with Crippen molar-refractivity contribution in [1.82, 2.24) is 4.37 Å². The first-order valence-electron chi connectivity index (χ1n) is 3.45. The fourth-order valence-electron chi connectivity index (χ4n) is 0.874. The van der Waals surface area contributed by atoms with Crippen LogP contribution in [0.25, 0.3) is 0 Å².